The molecule has 0 atom stereocenters. The third-order valence-corrected chi connectivity index (χ3v) is 5.44. The number of rotatable bonds is 4. The van der Waals surface area contributed by atoms with Crippen LogP contribution in [0.4, 0.5) is 0 Å². The van der Waals surface area contributed by atoms with Crippen LogP contribution in [-0.2, 0) is 19.0 Å². The number of hydrogen-bond donors (Lipinski definition) is 0. The second-order valence-electron chi connectivity index (χ2n) is 4.51. The first-order valence-electron chi connectivity index (χ1n) is 6.36. The van der Waals surface area contributed by atoms with Gasteiger partial charge in [0, 0.05) is 15.9 Å². The predicted molar refractivity (Wildman–Crippen MR) is 86.6 cm³/mol. The van der Waals surface area contributed by atoms with Gasteiger partial charge < -0.3 is 4.57 Å². The highest BCUT2D eigenvalue weighted by Crippen LogP contribution is 2.27. The van der Waals surface area contributed by atoms with Crippen molar-refractivity contribution in [2.45, 2.75) is 32.8 Å². The van der Waals surface area contributed by atoms with E-state index in [4.69, 9.17) is 11.6 Å². The molecule has 4 nitrogen and oxygen atoms in total. The Morgan fingerprint density at radius 3 is 2.85 bits per heavy atom. The Kier molecular flexibility index (Phi) is 3.88. The molecule has 0 bridgehead atoms. The van der Waals surface area contributed by atoms with Crippen LogP contribution in [0.25, 0.3) is 11.2 Å². The van der Waals surface area contributed by atoms with E-state index in [1.54, 1.807) is 11.3 Å². The summed E-state index contributed by atoms with van der Waals surface area (Å²) in [6.45, 7) is 5.67. The van der Waals surface area contributed by atoms with Crippen LogP contribution < -0.4 is 0 Å². The maximum Gasteiger partial charge on any atom is 0.159 e. The maximum atomic E-state index is 6.07. The van der Waals surface area contributed by atoms with E-state index in [2.05, 4.69) is 48.9 Å². The van der Waals surface area contributed by atoms with E-state index in [0.29, 0.717) is 5.88 Å². The van der Waals surface area contributed by atoms with Crippen molar-refractivity contribution >= 4 is 50.0 Å². The lowest BCUT2D eigenvalue weighted by Crippen LogP contribution is -2.08. The molecule has 0 aliphatic rings. The third-order valence-electron chi connectivity index (χ3n) is 3.29. The van der Waals surface area contributed by atoms with Crippen molar-refractivity contribution in [3.63, 3.8) is 0 Å². The number of aromatic nitrogens is 4. The Hall–Kier alpha value is -0.850. The minimum atomic E-state index is 0.404. The Balaban J connectivity index is 2.19. The summed E-state index contributed by atoms with van der Waals surface area (Å²) < 4.78 is 5.29. The third kappa shape index (κ3) is 2.19. The number of halogens is 2. The summed E-state index contributed by atoms with van der Waals surface area (Å²) in [5.74, 6) is 1.30. The number of nitrogens with zero attached hydrogens (tertiary/aromatic N) is 4. The second-order valence-corrected chi connectivity index (χ2v) is 6.64. The molecule has 0 spiro atoms. The molecule has 0 amide bonds. The van der Waals surface area contributed by atoms with Crippen molar-refractivity contribution in [2.75, 3.05) is 0 Å². The Labute approximate surface area is 134 Å². The molecule has 0 saturated carbocycles. The van der Waals surface area contributed by atoms with Gasteiger partial charge in [-0.1, -0.05) is 0 Å². The molecule has 3 rings (SSSR count). The Morgan fingerprint density at radius 2 is 2.25 bits per heavy atom. The first kappa shape index (κ1) is 14.1. The highest BCUT2D eigenvalue weighted by atomic mass is 79.9. The monoisotopic (exact) mass is 372 g/mol. The molecular weight excluding hydrogens is 360 g/mol. The van der Waals surface area contributed by atoms with Crippen LogP contribution >= 0.6 is 38.9 Å². The summed E-state index contributed by atoms with van der Waals surface area (Å²) in [5.41, 5.74) is 2.97. The molecule has 0 radical (unpaired) electrons. The predicted octanol–water partition coefficient (Wildman–Crippen LogP) is 4.17. The normalized spacial score (nSPS) is 11.6. The van der Waals surface area contributed by atoms with E-state index in [0.717, 1.165) is 40.2 Å². The molecule has 0 aliphatic heterocycles. The zero-order valence-electron chi connectivity index (χ0n) is 11.2. The molecule has 3 aromatic heterocycles. The van der Waals surface area contributed by atoms with E-state index in [-0.39, 0.29) is 0 Å². The van der Waals surface area contributed by atoms with Crippen molar-refractivity contribution in [1.29, 1.82) is 0 Å². The topological polar surface area (TPSA) is 35.6 Å². The van der Waals surface area contributed by atoms with Gasteiger partial charge >= 0.3 is 0 Å². The fraction of sp³-hybridized carbons (Fsp3) is 0.385. The minimum Gasteiger partial charge on any atom is -0.307 e. The average molecular weight is 374 g/mol. The van der Waals surface area contributed by atoms with Crippen LogP contribution in [0.5, 0.6) is 0 Å². The van der Waals surface area contributed by atoms with Gasteiger partial charge in [-0.05, 0) is 41.2 Å². The van der Waals surface area contributed by atoms with Gasteiger partial charge in [0.15, 0.2) is 5.65 Å². The first-order valence-corrected chi connectivity index (χ1v) is 8.56. The van der Waals surface area contributed by atoms with Gasteiger partial charge in [0.25, 0.3) is 0 Å². The number of hydrogen-bond acceptors (Lipinski definition) is 3. The summed E-state index contributed by atoms with van der Waals surface area (Å²) in [5, 5.41) is 6.62. The lowest BCUT2D eigenvalue weighted by atomic mass is 10.4. The van der Waals surface area contributed by atoms with Crippen LogP contribution in [-0.4, -0.2) is 19.3 Å². The molecule has 3 aromatic rings. The lowest BCUT2D eigenvalue weighted by molar-refractivity contribution is 0.640. The fourth-order valence-electron chi connectivity index (χ4n) is 2.34. The summed E-state index contributed by atoms with van der Waals surface area (Å²) in [6, 6.07) is 2.07. The number of fused-ring (bicyclic) bond motifs is 1. The van der Waals surface area contributed by atoms with E-state index >= 15 is 0 Å². The molecule has 0 N–H and O–H groups in total. The molecule has 0 unspecified atom stereocenters. The molecule has 0 aromatic carbocycles. The van der Waals surface area contributed by atoms with Crippen molar-refractivity contribution in [1.82, 2.24) is 19.3 Å². The molecule has 106 valence electrons. The molecule has 3 heterocycles. The van der Waals surface area contributed by atoms with Gasteiger partial charge in [-0.2, -0.15) is 5.10 Å². The minimum absolute atomic E-state index is 0.404. The van der Waals surface area contributed by atoms with Gasteiger partial charge in [0.05, 0.1) is 18.1 Å². The molecule has 7 heteroatoms. The number of aryl methyl sites for hydroxylation is 2. The van der Waals surface area contributed by atoms with Gasteiger partial charge in [0.1, 0.15) is 11.3 Å². The number of imidazole rings is 1. The van der Waals surface area contributed by atoms with Gasteiger partial charge in [-0.25, -0.2) is 9.67 Å². The van der Waals surface area contributed by atoms with E-state index in [9.17, 15) is 0 Å². The summed E-state index contributed by atoms with van der Waals surface area (Å²) >= 11 is 11.4. The Morgan fingerprint density at radius 1 is 1.45 bits per heavy atom. The highest BCUT2D eigenvalue weighted by molar-refractivity contribution is 9.10. The number of thiophene rings is 1. The molecule has 0 saturated heterocycles. The lowest BCUT2D eigenvalue weighted by Gasteiger charge is -2.08. The van der Waals surface area contributed by atoms with Crippen LogP contribution in [0.3, 0.4) is 0 Å². The van der Waals surface area contributed by atoms with Crippen LogP contribution in [0, 0.1) is 6.92 Å². The Bertz CT molecular complexity index is 758. The average Bonchev–Trinajstić information content (AvgIpc) is 3.08. The van der Waals surface area contributed by atoms with Crippen LogP contribution in [0.2, 0.25) is 0 Å². The largest absolute Gasteiger partial charge is 0.307 e. The van der Waals surface area contributed by atoms with Gasteiger partial charge in [0.2, 0.25) is 0 Å². The van der Waals surface area contributed by atoms with E-state index in [1.807, 2.05) is 11.6 Å². The van der Waals surface area contributed by atoms with Gasteiger partial charge in [-0.15, -0.1) is 22.9 Å². The van der Waals surface area contributed by atoms with Crippen molar-refractivity contribution < 1.29 is 0 Å². The molecular formula is C13H14BrClN4S. The standard InChI is InChI=1S/C13H14BrClN4S/c1-3-19-13-12(8(2)17-19)16-11(6-15)18(13)7-10-9(14)4-5-20-10/h4-5H,3,6-7H2,1-2H3. The summed E-state index contributed by atoms with van der Waals surface area (Å²) in [7, 11) is 0. The van der Waals surface area contributed by atoms with E-state index < -0.39 is 0 Å². The number of alkyl halides is 1. The molecule has 0 aliphatic carbocycles. The summed E-state index contributed by atoms with van der Waals surface area (Å²) in [6.07, 6.45) is 0. The van der Waals surface area contributed by atoms with Crippen molar-refractivity contribution in [3.05, 3.63) is 32.3 Å². The first-order chi connectivity index (χ1) is 9.65. The molecule has 20 heavy (non-hydrogen) atoms. The van der Waals surface area contributed by atoms with Crippen molar-refractivity contribution in [3.8, 4) is 0 Å². The SMILES string of the molecule is CCn1nc(C)c2nc(CCl)n(Cc3sccc3Br)c21. The van der Waals surface area contributed by atoms with E-state index in [1.165, 1.54) is 4.88 Å². The van der Waals surface area contributed by atoms with Crippen LogP contribution in [0.1, 0.15) is 23.3 Å². The highest BCUT2D eigenvalue weighted by Gasteiger charge is 2.18. The van der Waals surface area contributed by atoms with Crippen molar-refractivity contribution in [2.24, 2.45) is 0 Å². The van der Waals surface area contributed by atoms with Crippen LogP contribution in [0.15, 0.2) is 15.9 Å². The quantitative estimate of drug-likeness (QED) is 0.643. The maximum absolute atomic E-state index is 6.07. The summed E-state index contributed by atoms with van der Waals surface area (Å²) in [4.78, 5) is 5.91. The smallest absolute Gasteiger partial charge is 0.159 e. The zero-order valence-corrected chi connectivity index (χ0v) is 14.4. The fourth-order valence-corrected chi connectivity index (χ4v) is 4.01. The second kappa shape index (κ2) is 5.50. The van der Waals surface area contributed by atoms with Gasteiger partial charge in [-0.3, -0.25) is 0 Å². The zero-order chi connectivity index (χ0) is 14.3. The molecule has 0 fully saturated rings.